The number of carbonyl (C=O) groups excluding carboxylic acids is 1. The summed E-state index contributed by atoms with van der Waals surface area (Å²) >= 11 is 0. The van der Waals surface area contributed by atoms with Gasteiger partial charge in [-0.15, -0.1) is 0 Å². The zero-order valence-corrected chi connectivity index (χ0v) is 8.78. The molecule has 0 unspecified atom stereocenters. The van der Waals surface area contributed by atoms with Gasteiger partial charge in [0.1, 0.15) is 0 Å². The number of anilines is 2. The molecule has 1 rings (SSSR count). The topological polar surface area (TPSA) is 104 Å². The highest BCUT2D eigenvalue weighted by molar-refractivity contribution is 5.96. The molecule has 86 valence electrons. The van der Waals surface area contributed by atoms with E-state index in [4.69, 9.17) is 10.8 Å². The molecule has 0 fully saturated rings. The number of nitrogens with one attached hydrogen (secondary N) is 2. The molecule has 0 saturated heterocycles. The molecule has 16 heavy (non-hydrogen) atoms. The lowest BCUT2D eigenvalue weighted by atomic mass is 10.1. The predicted molar refractivity (Wildman–Crippen MR) is 60.4 cm³/mol. The van der Waals surface area contributed by atoms with Gasteiger partial charge in [-0.05, 0) is 18.2 Å². The van der Waals surface area contributed by atoms with Gasteiger partial charge in [0, 0.05) is 18.4 Å². The van der Waals surface area contributed by atoms with Gasteiger partial charge in [-0.25, -0.2) is 4.79 Å². The van der Waals surface area contributed by atoms with Crippen LogP contribution in [0.4, 0.5) is 11.4 Å². The highest BCUT2D eigenvalue weighted by Crippen LogP contribution is 2.18. The van der Waals surface area contributed by atoms with Crippen molar-refractivity contribution in [2.24, 2.45) is 0 Å². The molecule has 0 aromatic heterocycles. The molecule has 0 radical (unpaired) electrons. The number of nitrogen functional groups attached to an aromatic ring is 1. The molecule has 0 heterocycles. The number of carboxylic acids is 1. The second kappa shape index (κ2) is 5.01. The lowest BCUT2D eigenvalue weighted by Crippen LogP contribution is -2.26. The molecule has 1 amide bonds. The van der Waals surface area contributed by atoms with Gasteiger partial charge in [0.2, 0.25) is 5.91 Å². The van der Waals surface area contributed by atoms with Gasteiger partial charge in [0.05, 0.1) is 12.1 Å². The van der Waals surface area contributed by atoms with Gasteiger partial charge in [0.15, 0.2) is 0 Å². The summed E-state index contributed by atoms with van der Waals surface area (Å²) in [5, 5.41) is 14.1. The summed E-state index contributed by atoms with van der Waals surface area (Å²) in [4.78, 5) is 21.9. The number of likely N-dealkylation sites (N-methyl/N-ethyl adjacent to an activating group) is 1. The highest BCUT2D eigenvalue weighted by atomic mass is 16.4. The Morgan fingerprint density at radius 1 is 1.44 bits per heavy atom. The summed E-state index contributed by atoms with van der Waals surface area (Å²) in [6.45, 7) is 0.0146. The average Bonchev–Trinajstić information content (AvgIpc) is 2.26. The smallest absolute Gasteiger partial charge is 0.337 e. The van der Waals surface area contributed by atoms with Crippen molar-refractivity contribution >= 4 is 23.3 Å². The Hall–Kier alpha value is -2.24. The molecule has 1 aromatic carbocycles. The third kappa shape index (κ3) is 2.88. The molecule has 0 aliphatic rings. The molecule has 0 atom stereocenters. The molecule has 6 heteroatoms. The van der Waals surface area contributed by atoms with E-state index in [1.165, 1.54) is 19.2 Å². The number of rotatable bonds is 4. The van der Waals surface area contributed by atoms with E-state index in [0.717, 1.165) is 0 Å². The van der Waals surface area contributed by atoms with E-state index in [2.05, 4.69) is 10.6 Å². The number of hydrogen-bond acceptors (Lipinski definition) is 4. The number of hydrogen-bond donors (Lipinski definition) is 4. The molecule has 0 bridgehead atoms. The maximum Gasteiger partial charge on any atom is 0.337 e. The molecule has 6 nitrogen and oxygen atoms in total. The Bertz CT molecular complexity index is 418. The first-order valence-corrected chi connectivity index (χ1v) is 4.62. The van der Waals surface area contributed by atoms with E-state index < -0.39 is 5.97 Å². The standard InChI is InChI=1S/C10H13N3O3/c1-12-9(14)5-13-8-3-2-6(11)4-7(8)10(15)16/h2-4,13H,5,11H2,1H3,(H,12,14)(H,15,16). The van der Waals surface area contributed by atoms with Crippen LogP contribution in [0.25, 0.3) is 0 Å². The van der Waals surface area contributed by atoms with Crippen LogP contribution in [0.15, 0.2) is 18.2 Å². The van der Waals surface area contributed by atoms with Crippen LogP contribution in [0.5, 0.6) is 0 Å². The van der Waals surface area contributed by atoms with Gasteiger partial charge >= 0.3 is 5.97 Å². The quantitative estimate of drug-likeness (QED) is 0.543. The number of nitrogens with two attached hydrogens (primary N) is 1. The molecule has 0 aliphatic heterocycles. The minimum absolute atomic E-state index is 0.0146. The predicted octanol–water partition coefficient (Wildman–Crippen LogP) is 0.125. The van der Waals surface area contributed by atoms with E-state index in [1.807, 2.05) is 0 Å². The highest BCUT2D eigenvalue weighted by Gasteiger charge is 2.10. The summed E-state index contributed by atoms with van der Waals surface area (Å²) in [5.74, 6) is -1.32. The van der Waals surface area contributed by atoms with Crippen molar-refractivity contribution in [1.29, 1.82) is 0 Å². The second-order valence-electron chi connectivity index (χ2n) is 3.14. The summed E-state index contributed by atoms with van der Waals surface area (Å²) in [6.07, 6.45) is 0. The van der Waals surface area contributed by atoms with Crippen LogP contribution in [0.1, 0.15) is 10.4 Å². The van der Waals surface area contributed by atoms with Crippen molar-refractivity contribution in [2.75, 3.05) is 24.6 Å². The lowest BCUT2D eigenvalue weighted by molar-refractivity contribution is -0.118. The van der Waals surface area contributed by atoms with E-state index >= 15 is 0 Å². The lowest BCUT2D eigenvalue weighted by Gasteiger charge is -2.09. The van der Waals surface area contributed by atoms with Crippen LogP contribution in [-0.4, -0.2) is 30.6 Å². The fourth-order valence-electron chi connectivity index (χ4n) is 1.16. The SMILES string of the molecule is CNC(=O)CNc1ccc(N)cc1C(=O)O. The summed E-state index contributed by atoms with van der Waals surface area (Å²) in [5.41, 5.74) is 6.25. The molecule has 0 saturated carbocycles. The van der Waals surface area contributed by atoms with Crippen LogP contribution < -0.4 is 16.4 Å². The van der Waals surface area contributed by atoms with Crippen molar-refractivity contribution in [3.63, 3.8) is 0 Å². The number of benzene rings is 1. The zero-order chi connectivity index (χ0) is 12.1. The Balaban J connectivity index is 2.87. The van der Waals surface area contributed by atoms with Crippen LogP contribution >= 0.6 is 0 Å². The van der Waals surface area contributed by atoms with Crippen molar-refractivity contribution in [3.8, 4) is 0 Å². The summed E-state index contributed by atoms with van der Waals surface area (Å²) in [6, 6.07) is 4.44. The fourth-order valence-corrected chi connectivity index (χ4v) is 1.16. The third-order valence-corrected chi connectivity index (χ3v) is 1.99. The maximum atomic E-state index is 11.0. The second-order valence-corrected chi connectivity index (χ2v) is 3.14. The zero-order valence-electron chi connectivity index (χ0n) is 8.78. The van der Waals surface area contributed by atoms with Crippen LogP contribution in [0.2, 0.25) is 0 Å². The molecule has 0 spiro atoms. The number of amides is 1. The summed E-state index contributed by atoms with van der Waals surface area (Å²) < 4.78 is 0. The Kier molecular flexibility index (Phi) is 3.71. The number of aromatic carboxylic acids is 1. The van der Waals surface area contributed by atoms with E-state index in [9.17, 15) is 9.59 Å². The minimum atomic E-state index is -1.09. The van der Waals surface area contributed by atoms with Gasteiger partial charge in [-0.1, -0.05) is 0 Å². The number of carboxylic acid groups (broad SMARTS) is 1. The van der Waals surface area contributed by atoms with Crippen LogP contribution in [0.3, 0.4) is 0 Å². The maximum absolute atomic E-state index is 11.0. The Morgan fingerprint density at radius 2 is 2.12 bits per heavy atom. The van der Waals surface area contributed by atoms with Crippen molar-refractivity contribution in [2.45, 2.75) is 0 Å². The van der Waals surface area contributed by atoms with Gasteiger partial charge < -0.3 is 21.5 Å². The molecular weight excluding hydrogens is 210 g/mol. The van der Waals surface area contributed by atoms with Gasteiger partial charge in [0.25, 0.3) is 0 Å². The van der Waals surface area contributed by atoms with Crippen molar-refractivity contribution in [3.05, 3.63) is 23.8 Å². The van der Waals surface area contributed by atoms with Crippen molar-refractivity contribution < 1.29 is 14.7 Å². The Morgan fingerprint density at radius 3 is 2.69 bits per heavy atom. The monoisotopic (exact) mass is 223 g/mol. The molecular formula is C10H13N3O3. The van der Waals surface area contributed by atoms with E-state index in [0.29, 0.717) is 11.4 Å². The third-order valence-electron chi connectivity index (χ3n) is 1.99. The average molecular weight is 223 g/mol. The largest absolute Gasteiger partial charge is 0.478 e. The normalized spacial score (nSPS) is 9.56. The van der Waals surface area contributed by atoms with E-state index in [-0.39, 0.29) is 18.0 Å². The van der Waals surface area contributed by atoms with Crippen molar-refractivity contribution in [1.82, 2.24) is 5.32 Å². The number of carbonyl (C=O) groups is 2. The molecule has 0 aliphatic carbocycles. The molecule has 5 N–H and O–H groups in total. The van der Waals surface area contributed by atoms with Gasteiger partial charge in [-0.3, -0.25) is 4.79 Å². The van der Waals surface area contributed by atoms with E-state index in [1.54, 1.807) is 6.07 Å². The van der Waals surface area contributed by atoms with Crippen LogP contribution in [0, 0.1) is 0 Å². The van der Waals surface area contributed by atoms with Gasteiger partial charge in [-0.2, -0.15) is 0 Å². The molecule has 1 aromatic rings. The fraction of sp³-hybridized carbons (Fsp3) is 0.200. The first-order valence-electron chi connectivity index (χ1n) is 4.62. The Labute approximate surface area is 92.4 Å². The summed E-state index contributed by atoms with van der Waals surface area (Å²) in [7, 11) is 1.51. The first kappa shape index (κ1) is 11.8. The minimum Gasteiger partial charge on any atom is -0.478 e. The first-order chi connectivity index (χ1) is 7.54. The van der Waals surface area contributed by atoms with Crippen LogP contribution in [-0.2, 0) is 4.79 Å².